The Balaban J connectivity index is 1.42. The Bertz CT molecular complexity index is 1360. The van der Waals surface area contributed by atoms with Gasteiger partial charge in [0, 0.05) is 15.4 Å². The zero-order valence-electron chi connectivity index (χ0n) is 17.3. The number of amides is 1. The van der Waals surface area contributed by atoms with E-state index in [1.807, 2.05) is 12.1 Å². The fourth-order valence-corrected chi connectivity index (χ4v) is 4.72. The van der Waals surface area contributed by atoms with Gasteiger partial charge in [0.25, 0.3) is 0 Å². The van der Waals surface area contributed by atoms with Crippen molar-refractivity contribution in [1.29, 1.82) is 0 Å². The van der Waals surface area contributed by atoms with E-state index in [0.717, 1.165) is 13.4 Å². The third-order valence-electron chi connectivity index (χ3n) is 4.67. The van der Waals surface area contributed by atoms with Gasteiger partial charge in [0.15, 0.2) is 17.3 Å². The van der Waals surface area contributed by atoms with Gasteiger partial charge in [-0.05, 0) is 70.6 Å². The lowest BCUT2D eigenvalue weighted by molar-refractivity contribution is 0.0929. The first-order valence-electron chi connectivity index (χ1n) is 9.71. The molecule has 0 aliphatic carbocycles. The van der Waals surface area contributed by atoms with Crippen molar-refractivity contribution in [3.63, 3.8) is 0 Å². The van der Waals surface area contributed by atoms with Crippen molar-refractivity contribution < 1.29 is 23.1 Å². The molecule has 1 aromatic heterocycles. The number of benzene rings is 3. The summed E-state index contributed by atoms with van der Waals surface area (Å²) in [5, 5.41) is 4.81. The van der Waals surface area contributed by atoms with Crippen LogP contribution in [0.5, 0.6) is 11.5 Å². The van der Waals surface area contributed by atoms with E-state index in [4.69, 9.17) is 13.9 Å². The summed E-state index contributed by atoms with van der Waals surface area (Å²) < 4.78 is 32.3. The zero-order valence-corrected chi connectivity index (χ0v) is 21.0. The molecular formula is C24H17BrFIN2O4. The molecule has 33 heavy (non-hydrogen) atoms. The van der Waals surface area contributed by atoms with E-state index in [0.29, 0.717) is 28.2 Å². The van der Waals surface area contributed by atoms with E-state index in [9.17, 15) is 9.18 Å². The van der Waals surface area contributed by atoms with Gasteiger partial charge >= 0.3 is 5.91 Å². The van der Waals surface area contributed by atoms with Gasteiger partial charge in [-0.3, -0.25) is 4.79 Å². The van der Waals surface area contributed by atoms with Gasteiger partial charge in [0.1, 0.15) is 18.0 Å². The maximum absolute atomic E-state index is 13.8. The van der Waals surface area contributed by atoms with E-state index in [-0.39, 0.29) is 18.2 Å². The summed E-state index contributed by atoms with van der Waals surface area (Å²) in [6, 6.07) is 17.0. The molecule has 0 spiro atoms. The van der Waals surface area contributed by atoms with Crippen LogP contribution in [0.1, 0.15) is 21.7 Å². The van der Waals surface area contributed by atoms with E-state index < -0.39 is 5.91 Å². The summed E-state index contributed by atoms with van der Waals surface area (Å²) in [7, 11) is 1.51. The van der Waals surface area contributed by atoms with Gasteiger partial charge in [-0.2, -0.15) is 5.10 Å². The van der Waals surface area contributed by atoms with Gasteiger partial charge in [0.2, 0.25) is 0 Å². The van der Waals surface area contributed by atoms with Crippen molar-refractivity contribution >= 4 is 61.6 Å². The molecule has 168 valence electrons. The van der Waals surface area contributed by atoms with Crippen LogP contribution in [0, 0.1) is 9.39 Å². The fraction of sp³-hybridized carbons (Fsp3) is 0.0833. The lowest BCUT2D eigenvalue weighted by atomic mass is 10.2. The Morgan fingerprint density at radius 1 is 1.18 bits per heavy atom. The molecule has 0 aliphatic heterocycles. The molecule has 1 heterocycles. The van der Waals surface area contributed by atoms with Crippen LogP contribution in [0.4, 0.5) is 4.39 Å². The van der Waals surface area contributed by atoms with Gasteiger partial charge in [0.05, 0.1) is 16.9 Å². The number of nitrogens with one attached hydrogen (secondary N) is 1. The van der Waals surface area contributed by atoms with E-state index >= 15 is 0 Å². The topological polar surface area (TPSA) is 73.1 Å². The summed E-state index contributed by atoms with van der Waals surface area (Å²) in [6.07, 6.45) is 1.48. The lowest BCUT2D eigenvalue weighted by Crippen LogP contribution is -2.16. The maximum atomic E-state index is 13.8. The number of hydrogen-bond acceptors (Lipinski definition) is 5. The maximum Gasteiger partial charge on any atom is 0.307 e. The highest BCUT2D eigenvalue weighted by atomic mass is 127. The number of ether oxygens (including phenoxy) is 2. The molecule has 0 unspecified atom stereocenters. The Hall–Kier alpha value is -2.92. The second-order valence-electron chi connectivity index (χ2n) is 6.91. The molecule has 6 nitrogen and oxygen atoms in total. The number of hydrazone groups is 1. The highest BCUT2D eigenvalue weighted by molar-refractivity contribution is 14.1. The Kier molecular flexibility index (Phi) is 7.29. The number of halogens is 3. The number of fused-ring (bicyclic) bond motifs is 1. The van der Waals surface area contributed by atoms with Crippen LogP contribution in [0.3, 0.4) is 0 Å². The molecule has 0 saturated heterocycles. The smallest absolute Gasteiger partial charge is 0.307 e. The zero-order chi connectivity index (χ0) is 23.4. The number of nitrogens with zero attached hydrogens (tertiary/aromatic N) is 1. The van der Waals surface area contributed by atoms with Crippen LogP contribution < -0.4 is 14.9 Å². The summed E-state index contributed by atoms with van der Waals surface area (Å²) in [4.78, 5) is 12.4. The number of hydrogen-bond donors (Lipinski definition) is 1. The number of carbonyl (C=O) groups is 1. The average molecular weight is 623 g/mol. The number of methoxy groups -OCH3 is 1. The summed E-state index contributed by atoms with van der Waals surface area (Å²) in [6.45, 7) is 0.0690. The molecule has 4 aromatic rings. The molecule has 1 N–H and O–H groups in total. The molecule has 0 atom stereocenters. The van der Waals surface area contributed by atoms with Gasteiger partial charge in [-0.1, -0.05) is 34.1 Å². The minimum Gasteiger partial charge on any atom is -0.493 e. The van der Waals surface area contributed by atoms with Crippen LogP contribution in [-0.2, 0) is 6.61 Å². The monoisotopic (exact) mass is 622 g/mol. The molecule has 0 radical (unpaired) electrons. The van der Waals surface area contributed by atoms with Crippen LogP contribution >= 0.6 is 38.5 Å². The SMILES string of the molecule is COc1cc(/C=N\NC(=O)c2cc3cc(Br)cc(I)c3o2)ccc1OCc1ccccc1F. The first-order valence-corrected chi connectivity index (χ1v) is 11.6. The molecular weight excluding hydrogens is 606 g/mol. The third-order valence-corrected chi connectivity index (χ3v) is 5.93. The predicted molar refractivity (Wildman–Crippen MR) is 135 cm³/mol. The second kappa shape index (κ2) is 10.3. The van der Waals surface area contributed by atoms with E-state index in [1.54, 1.807) is 42.5 Å². The van der Waals surface area contributed by atoms with Gasteiger partial charge in [-0.15, -0.1) is 0 Å². The third kappa shape index (κ3) is 5.53. The van der Waals surface area contributed by atoms with Crippen molar-refractivity contribution in [2.45, 2.75) is 6.61 Å². The second-order valence-corrected chi connectivity index (χ2v) is 8.98. The number of rotatable bonds is 7. The minimum absolute atomic E-state index is 0.0690. The van der Waals surface area contributed by atoms with Gasteiger partial charge < -0.3 is 13.9 Å². The summed E-state index contributed by atoms with van der Waals surface area (Å²) in [5.74, 6) is 0.283. The van der Waals surface area contributed by atoms with Crippen LogP contribution in [0.15, 0.2) is 74.7 Å². The van der Waals surface area contributed by atoms with Crippen LogP contribution in [-0.4, -0.2) is 19.2 Å². The molecule has 3 aromatic carbocycles. The van der Waals surface area contributed by atoms with Crippen molar-refractivity contribution in [3.8, 4) is 11.5 Å². The van der Waals surface area contributed by atoms with Crippen molar-refractivity contribution in [2.24, 2.45) is 5.10 Å². The standard InChI is InChI=1S/C24H17BrFIN2O4/c1-31-21-8-14(6-7-20(21)32-13-15-4-2-3-5-18(15)26)12-28-29-24(30)22-10-16-9-17(25)11-19(27)23(16)33-22/h2-12H,13H2,1H3,(H,29,30)/b28-12-. The molecule has 1 amide bonds. The lowest BCUT2D eigenvalue weighted by Gasteiger charge is -2.11. The molecule has 4 rings (SSSR count). The quantitative estimate of drug-likeness (QED) is 0.149. The molecule has 9 heteroatoms. The van der Waals surface area contributed by atoms with Gasteiger partial charge in [-0.25, -0.2) is 9.82 Å². The minimum atomic E-state index is -0.467. The first-order chi connectivity index (χ1) is 15.9. The van der Waals surface area contributed by atoms with E-state index in [2.05, 4.69) is 49.0 Å². The molecule has 0 saturated carbocycles. The number of carbonyl (C=O) groups excluding carboxylic acids is 1. The van der Waals surface area contributed by atoms with E-state index in [1.165, 1.54) is 19.4 Å². The summed E-state index contributed by atoms with van der Waals surface area (Å²) >= 11 is 5.58. The predicted octanol–water partition coefficient (Wildman–Crippen LogP) is 6.29. The molecule has 0 aliphatic rings. The Morgan fingerprint density at radius 3 is 2.79 bits per heavy atom. The van der Waals surface area contributed by atoms with Crippen molar-refractivity contribution in [2.75, 3.05) is 7.11 Å². The normalized spacial score (nSPS) is 11.2. The van der Waals surface area contributed by atoms with Crippen LogP contribution in [0.2, 0.25) is 0 Å². The van der Waals surface area contributed by atoms with Crippen molar-refractivity contribution in [1.82, 2.24) is 5.43 Å². The first kappa shape index (κ1) is 23.2. The Morgan fingerprint density at radius 2 is 2.00 bits per heavy atom. The summed E-state index contributed by atoms with van der Waals surface area (Å²) in [5.41, 5.74) is 4.22. The van der Waals surface area contributed by atoms with Crippen molar-refractivity contribution in [3.05, 3.63) is 91.4 Å². The molecule has 0 bridgehead atoms. The Labute approximate surface area is 211 Å². The highest BCUT2D eigenvalue weighted by Crippen LogP contribution is 2.29. The fourth-order valence-electron chi connectivity index (χ4n) is 3.06. The average Bonchev–Trinajstić information content (AvgIpc) is 3.23. The number of furan rings is 1. The highest BCUT2D eigenvalue weighted by Gasteiger charge is 2.14. The largest absolute Gasteiger partial charge is 0.493 e. The molecule has 0 fully saturated rings. The van der Waals surface area contributed by atoms with Crippen LogP contribution in [0.25, 0.3) is 11.0 Å².